The van der Waals surface area contributed by atoms with Gasteiger partial charge in [0.25, 0.3) is 0 Å². The van der Waals surface area contributed by atoms with Gasteiger partial charge >= 0.3 is 0 Å². The minimum absolute atomic E-state index is 0.00903. The highest BCUT2D eigenvalue weighted by Gasteiger charge is 2.11. The second-order valence-corrected chi connectivity index (χ2v) is 8.47. The molecule has 132 valence electrons. The molecule has 0 aromatic heterocycles. The van der Waals surface area contributed by atoms with Crippen molar-refractivity contribution in [2.45, 2.75) is 21.3 Å². The zero-order valence-corrected chi connectivity index (χ0v) is 16.2. The molecule has 2 aromatic rings. The molecule has 0 heterocycles. The molecule has 9 heteroatoms. The van der Waals surface area contributed by atoms with Crippen LogP contribution in [0.5, 0.6) is 0 Å². The van der Waals surface area contributed by atoms with Crippen LogP contribution in [-0.2, 0) is 11.5 Å². The van der Waals surface area contributed by atoms with Gasteiger partial charge in [0, 0.05) is 26.3 Å². The van der Waals surface area contributed by atoms with E-state index in [-0.39, 0.29) is 16.2 Å². The third kappa shape index (κ3) is 6.47. The minimum Gasteiger partial charge on any atom is -0.379 e. The standard InChI is InChI=1S/C16H16ClFN4S3/c17-11-1-3-13(9(5-11)7-23-15(19)20)25-14-4-2-12(18)6-10(14)8-24-16(21)22/h1-6H,7-8H2,(H3,19,20)(H3,21,22). The normalized spacial score (nSPS) is 10.6. The summed E-state index contributed by atoms with van der Waals surface area (Å²) in [6, 6.07) is 10.1. The molecule has 6 N–H and O–H groups in total. The van der Waals surface area contributed by atoms with Crippen molar-refractivity contribution in [1.29, 1.82) is 10.8 Å². The van der Waals surface area contributed by atoms with Gasteiger partial charge in [0.05, 0.1) is 0 Å². The van der Waals surface area contributed by atoms with Gasteiger partial charge in [-0.2, -0.15) is 0 Å². The lowest BCUT2D eigenvalue weighted by Gasteiger charge is -2.13. The fourth-order valence-corrected chi connectivity index (χ4v) is 4.46. The SMILES string of the molecule is N=C(N)SCc1cc(F)ccc1Sc1ccc(Cl)cc1CSC(=N)N. The van der Waals surface area contributed by atoms with E-state index in [1.807, 2.05) is 12.1 Å². The number of thioether (sulfide) groups is 2. The molecular formula is C16H16ClFN4S3. The predicted molar refractivity (Wildman–Crippen MR) is 108 cm³/mol. The molecule has 0 aliphatic heterocycles. The molecule has 25 heavy (non-hydrogen) atoms. The molecule has 0 atom stereocenters. The van der Waals surface area contributed by atoms with E-state index in [1.165, 1.54) is 35.7 Å². The number of nitrogens with two attached hydrogens (primary N) is 2. The van der Waals surface area contributed by atoms with Crippen LogP contribution in [0.4, 0.5) is 4.39 Å². The Labute approximate surface area is 163 Å². The van der Waals surface area contributed by atoms with Crippen molar-refractivity contribution in [3.8, 4) is 0 Å². The molecule has 0 aliphatic rings. The van der Waals surface area contributed by atoms with Crippen molar-refractivity contribution < 1.29 is 4.39 Å². The summed E-state index contributed by atoms with van der Waals surface area (Å²) in [6.45, 7) is 0. The van der Waals surface area contributed by atoms with E-state index in [0.717, 1.165) is 32.7 Å². The number of nitrogens with one attached hydrogen (secondary N) is 2. The first-order valence-corrected chi connectivity index (χ1v) is 10.2. The Morgan fingerprint density at radius 3 is 2.00 bits per heavy atom. The highest BCUT2D eigenvalue weighted by molar-refractivity contribution is 8.13. The van der Waals surface area contributed by atoms with Crippen LogP contribution in [0.1, 0.15) is 11.1 Å². The van der Waals surface area contributed by atoms with E-state index < -0.39 is 0 Å². The minimum atomic E-state index is -0.327. The summed E-state index contributed by atoms with van der Waals surface area (Å²) in [5.74, 6) is 0.615. The number of halogens is 2. The smallest absolute Gasteiger partial charge is 0.151 e. The average Bonchev–Trinajstić information content (AvgIpc) is 2.54. The van der Waals surface area contributed by atoms with Gasteiger partial charge in [-0.05, 0) is 47.5 Å². The second-order valence-electron chi connectivity index (χ2n) is 4.91. The molecular weight excluding hydrogens is 399 g/mol. The lowest BCUT2D eigenvalue weighted by atomic mass is 10.2. The van der Waals surface area contributed by atoms with Gasteiger partial charge in [-0.3, -0.25) is 10.8 Å². The first-order valence-electron chi connectivity index (χ1n) is 7.03. The highest BCUT2D eigenvalue weighted by atomic mass is 35.5. The topological polar surface area (TPSA) is 99.7 Å². The van der Waals surface area contributed by atoms with Crippen molar-refractivity contribution in [2.75, 3.05) is 0 Å². The van der Waals surface area contributed by atoms with Crippen LogP contribution in [0.25, 0.3) is 0 Å². The molecule has 4 nitrogen and oxygen atoms in total. The Balaban J connectivity index is 2.29. The molecule has 0 amide bonds. The molecule has 2 aromatic carbocycles. The largest absolute Gasteiger partial charge is 0.379 e. The molecule has 0 unspecified atom stereocenters. The Hall–Kier alpha value is -1.35. The zero-order valence-electron chi connectivity index (χ0n) is 13.0. The number of benzene rings is 2. The lowest BCUT2D eigenvalue weighted by Crippen LogP contribution is -2.04. The third-order valence-electron chi connectivity index (χ3n) is 3.03. The average molecular weight is 415 g/mol. The second kappa shape index (κ2) is 9.38. The summed E-state index contributed by atoms with van der Waals surface area (Å²) in [4.78, 5) is 1.84. The van der Waals surface area contributed by atoms with Crippen LogP contribution in [0.15, 0.2) is 46.2 Å². The van der Waals surface area contributed by atoms with Crippen LogP contribution in [0.2, 0.25) is 5.02 Å². The first-order chi connectivity index (χ1) is 11.8. The maximum Gasteiger partial charge on any atom is 0.151 e. The molecule has 0 radical (unpaired) electrons. The van der Waals surface area contributed by atoms with Gasteiger partial charge in [0.1, 0.15) is 5.82 Å². The van der Waals surface area contributed by atoms with E-state index in [1.54, 1.807) is 12.1 Å². The Morgan fingerprint density at radius 1 is 0.920 bits per heavy atom. The number of hydrogen-bond donors (Lipinski definition) is 4. The zero-order chi connectivity index (χ0) is 18.4. The highest BCUT2D eigenvalue weighted by Crippen LogP contribution is 2.37. The Bertz CT molecular complexity index is 735. The van der Waals surface area contributed by atoms with Gasteiger partial charge in [0.15, 0.2) is 10.3 Å². The van der Waals surface area contributed by atoms with Crippen LogP contribution < -0.4 is 11.5 Å². The summed E-state index contributed by atoms with van der Waals surface area (Å²) in [5, 5.41) is 15.3. The molecule has 0 saturated carbocycles. The maximum absolute atomic E-state index is 13.6. The van der Waals surface area contributed by atoms with Crippen LogP contribution in [0.3, 0.4) is 0 Å². The summed E-state index contributed by atoms with van der Waals surface area (Å²) >= 11 is 9.93. The molecule has 2 rings (SSSR count). The first kappa shape index (κ1) is 20.0. The monoisotopic (exact) mass is 414 g/mol. The van der Waals surface area contributed by atoms with Gasteiger partial charge in [-0.1, -0.05) is 46.9 Å². The molecule has 0 spiro atoms. The van der Waals surface area contributed by atoms with E-state index in [2.05, 4.69) is 0 Å². The van der Waals surface area contributed by atoms with Crippen molar-refractivity contribution in [2.24, 2.45) is 11.5 Å². The molecule has 0 fully saturated rings. The number of amidine groups is 2. The maximum atomic E-state index is 13.6. The van der Waals surface area contributed by atoms with Crippen molar-refractivity contribution in [1.82, 2.24) is 0 Å². The van der Waals surface area contributed by atoms with Crippen LogP contribution in [-0.4, -0.2) is 10.3 Å². The van der Waals surface area contributed by atoms with Gasteiger partial charge in [-0.25, -0.2) is 4.39 Å². The molecule has 0 aliphatic carbocycles. The summed E-state index contributed by atoms with van der Waals surface area (Å²) in [6.07, 6.45) is 0. The summed E-state index contributed by atoms with van der Waals surface area (Å²) < 4.78 is 13.6. The van der Waals surface area contributed by atoms with Crippen LogP contribution >= 0.6 is 46.9 Å². The number of hydrogen-bond acceptors (Lipinski definition) is 5. The Kier molecular flexibility index (Phi) is 7.49. The fourth-order valence-electron chi connectivity index (χ4n) is 1.95. The third-order valence-corrected chi connectivity index (χ3v) is 6.04. The van der Waals surface area contributed by atoms with Crippen molar-refractivity contribution >= 4 is 57.2 Å². The quantitative estimate of drug-likeness (QED) is 0.398. The predicted octanol–water partition coefficient (Wildman–Crippen LogP) is 4.88. The fraction of sp³-hybridized carbons (Fsp3) is 0.125. The van der Waals surface area contributed by atoms with Gasteiger partial charge < -0.3 is 11.5 Å². The van der Waals surface area contributed by atoms with E-state index in [9.17, 15) is 4.39 Å². The van der Waals surface area contributed by atoms with E-state index >= 15 is 0 Å². The van der Waals surface area contributed by atoms with Crippen molar-refractivity contribution in [3.05, 3.63) is 58.4 Å². The lowest BCUT2D eigenvalue weighted by molar-refractivity contribution is 0.625. The van der Waals surface area contributed by atoms with E-state index in [0.29, 0.717) is 16.5 Å². The summed E-state index contributed by atoms with van der Waals surface area (Å²) in [7, 11) is 0. The van der Waals surface area contributed by atoms with Gasteiger partial charge in [0.2, 0.25) is 0 Å². The molecule has 0 bridgehead atoms. The number of rotatable bonds is 6. The van der Waals surface area contributed by atoms with Crippen LogP contribution in [0, 0.1) is 16.6 Å². The Morgan fingerprint density at radius 2 is 1.44 bits per heavy atom. The van der Waals surface area contributed by atoms with E-state index in [4.69, 9.17) is 33.9 Å². The van der Waals surface area contributed by atoms with Gasteiger partial charge in [-0.15, -0.1) is 0 Å². The molecule has 0 saturated heterocycles. The van der Waals surface area contributed by atoms with Crippen molar-refractivity contribution in [3.63, 3.8) is 0 Å². The summed E-state index contributed by atoms with van der Waals surface area (Å²) in [5.41, 5.74) is 12.5.